The fourth-order valence-corrected chi connectivity index (χ4v) is 3.08. The number of carboxylic acids is 1. The average molecular weight is 397 g/mol. The smallest absolute Gasteiger partial charge is 0.434 e. The monoisotopic (exact) mass is 397 g/mol. The summed E-state index contributed by atoms with van der Waals surface area (Å²) in [4.78, 5) is 23.3. The van der Waals surface area contributed by atoms with Crippen LogP contribution in [0.4, 0.5) is 18.9 Å². The van der Waals surface area contributed by atoms with Gasteiger partial charge in [0.2, 0.25) is 5.91 Å². The fourth-order valence-electron chi connectivity index (χ4n) is 3.08. The maximum atomic E-state index is 13.4. The summed E-state index contributed by atoms with van der Waals surface area (Å²) in [6.45, 7) is 0.610. The summed E-state index contributed by atoms with van der Waals surface area (Å²) in [5, 5.41) is 15.2. The second-order valence-electron chi connectivity index (χ2n) is 6.41. The van der Waals surface area contributed by atoms with Crippen LogP contribution in [0.3, 0.4) is 0 Å². The number of ether oxygens (including phenoxy) is 1. The molecule has 3 rings (SSSR count). The number of aromatic nitrogens is 2. The van der Waals surface area contributed by atoms with Gasteiger partial charge in [-0.2, -0.15) is 18.3 Å². The van der Waals surface area contributed by atoms with Crippen molar-refractivity contribution in [3.8, 4) is 5.69 Å². The van der Waals surface area contributed by atoms with E-state index in [2.05, 4.69) is 10.4 Å². The van der Waals surface area contributed by atoms with E-state index in [9.17, 15) is 22.8 Å². The molecule has 1 aromatic heterocycles. The molecule has 0 aliphatic carbocycles. The van der Waals surface area contributed by atoms with E-state index in [1.807, 2.05) is 0 Å². The number of hydrogen-bond donors (Lipinski definition) is 2. The topological polar surface area (TPSA) is 93.5 Å². The van der Waals surface area contributed by atoms with Gasteiger partial charge in [0.15, 0.2) is 5.69 Å². The highest BCUT2D eigenvalue weighted by molar-refractivity contribution is 5.91. The van der Waals surface area contributed by atoms with E-state index < -0.39 is 23.4 Å². The number of amides is 1. The Morgan fingerprint density at radius 3 is 2.75 bits per heavy atom. The number of aromatic carboxylic acids is 1. The van der Waals surface area contributed by atoms with Crippen molar-refractivity contribution in [2.45, 2.75) is 38.0 Å². The van der Waals surface area contributed by atoms with Crippen molar-refractivity contribution in [1.82, 2.24) is 9.78 Å². The third-order valence-electron chi connectivity index (χ3n) is 4.33. The molecule has 0 saturated carbocycles. The van der Waals surface area contributed by atoms with Crippen LogP contribution >= 0.6 is 0 Å². The van der Waals surface area contributed by atoms with Crippen molar-refractivity contribution < 1.29 is 32.6 Å². The average Bonchev–Trinajstić information content (AvgIpc) is 3.08. The largest absolute Gasteiger partial charge is 0.478 e. The Bertz CT molecular complexity index is 873. The number of carbonyl (C=O) groups excluding carboxylic acids is 1. The van der Waals surface area contributed by atoms with E-state index in [0.717, 1.165) is 19.3 Å². The summed E-state index contributed by atoms with van der Waals surface area (Å²) in [5.41, 5.74) is -2.08. The zero-order valence-corrected chi connectivity index (χ0v) is 14.7. The van der Waals surface area contributed by atoms with Crippen LogP contribution in [-0.2, 0) is 15.7 Å². The number of hydrogen-bond acceptors (Lipinski definition) is 4. The zero-order chi connectivity index (χ0) is 20.3. The number of nitrogens with one attached hydrogen (secondary N) is 1. The van der Waals surface area contributed by atoms with Gasteiger partial charge in [-0.15, -0.1) is 0 Å². The van der Waals surface area contributed by atoms with Crippen LogP contribution in [0.15, 0.2) is 30.5 Å². The van der Waals surface area contributed by atoms with Crippen LogP contribution < -0.4 is 5.32 Å². The molecule has 150 valence electrons. The van der Waals surface area contributed by atoms with E-state index in [1.165, 1.54) is 24.3 Å². The van der Waals surface area contributed by atoms with Crippen molar-refractivity contribution in [3.63, 3.8) is 0 Å². The minimum absolute atomic E-state index is 0.0217. The van der Waals surface area contributed by atoms with Gasteiger partial charge < -0.3 is 15.2 Å². The summed E-state index contributed by atoms with van der Waals surface area (Å²) in [5.74, 6) is -2.04. The molecule has 1 aliphatic heterocycles. The third-order valence-corrected chi connectivity index (χ3v) is 4.33. The Labute approximate surface area is 158 Å². The lowest BCUT2D eigenvalue weighted by atomic mass is 10.1. The quantitative estimate of drug-likeness (QED) is 0.806. The molecule has 0 radical (unpaired) electrons. The second kappa shape index (κ2) is 8.01. The van der Waals surface area contributed by atoms with Gasteiger partial charge in [0.1, 0.15) is 5.56 Å². The number of rotatable bonds is 5. The zero-order valence-electron chi connectivity index (χ0n) is 14.7. The summed E-state index contributed by atoms with van der Waals surface area (Å²) in [7, 11) is 0. The lowest BCUT2D eigenvalue weighted by Crippen LogP contribution is -2.25. The number of carboxylic acid groups (broad SMARTS) is 1. The highest BCUT2D eigenvalue weighted by atomic mass is 19.4. The highest BCUT2D eigenvalue weighted by Gasteiger charge is 2.40. The molecule has 1 fully saturated rings. The predicted octanol–water partition coefficient (Wildman–Crippen LogP) is 3.49. The van der Waals surface area contributed by atoms with Crippen LogP contribution in [0.5, 0.6) is 0 Å². The molecule has 10 heteroatoms. The Morgan fingerprint density at radius 2 is 2.11 bits per heavy atom. The molecule has 2 N–H and O–H groups in total. The van der Waals surface area contributed by atoms with Gasteiger partial charge in [-0.05, 0) is 37.5 Å². The van der Waals surface area contributed by atoms with Gasteiger partial charge >= 0.3 is 12.1 Å². The Kier molecular flexibility index (Phi) is 5.68. The number of benzene rings is 1. The highest BCUT2D eigenvalue weighted by Crippen LogP contribution is 2.34. The van der Waals surface area contributed by atoms with Crippen LogP contribution in [-0.4, -0.2) is 39.5 Å². The first kappa shape index (κ1) is 19.9. The van der Waals surface area contributed by atoms with Crippen molar-refractivity contribution in [2.75, 3.05) is 11.9 Å². The van der Waals surface area contributed by atoms with Crippen LogP contribution in [0.1, 0.15) is 41.7 Å². The van der Waals surface area contributed by atoms with E-state index in [-0.39, 0.29) is 29.8 Å². The molecule has 28 heavy (non-hydrogen) atoms. The molecule has 2 aromatic rings. The van der Waals surface area contributed by atoms with Gasteiger partial charge in [-0.1, -0.05) is 6.07 Å². The number of nitrogens with zero attached hydrogens (tertiary/aromatic N) is 2. The molecule has 1 atom stereocenters. The van der Waals surface area contributed by atoms with Gasteiger partial charge in [-0.3, -0.25) is 4.79 Å². The lowest BCUT2D eigenvalue weighted by Gasteiger charge is -2.22. The van der Waals surface area contributed by atoms with E-state index >= 15 is 0 Å². The minimum atomic E-state index is -4.91. The van der Waals surface area contributed by atoms with Crippen molar-refractivity contribution >= 4 is 17.6 Å². The first-order chi connectivity index (χ1) is 13.3. The molecular weight excluding hydrogens is 379 g/mol. The molecule has 1 amide bonds. The summed E-state index contributed by atoms with van der Waals surface area (Å²) >= 11 is 0. The van der Waals surface area contributed by atoms with E-state index in [1.54, 1.807) is 0 Å². The maximum absolute atomic E-state index is 13.4. The Hall–Kier alpha value is -2.88. The summed E-state index contributed by atoms with van der Waals surface area (Å²) < 4.78 is 46.1. The summed E-state index contributed by atoms with van der Waals surface area (Å²) in [6.07, 6.45) is -1.55. The molecule has 1 unspecified atom stereocenters. The van der Waals surface area contributed by atoms with Crippen LogP contribution in [0.2, 0.25) is 0 Å². The molecule has 0 spiro atoms. The molecule has 1 aliphatic rings. The molecule has 7 nitrogen and oxygen atoms in total. The first-order valence-electron chi connectivity index (χ1n) is 8.66. The van der Waals surface area contributed by atoms with Gasteiger partial charge in [-0.25, -0.2) is 9.48 Å². The van der Waals surface area contributed by atoms with Crippen molar-refractivity contribution in [2.24, 2.45) is 0 Å². The molecule has 1 saturated heterocycles. The van der Waals surface area contributed by atoms with Gasteiger partial charge in [0, 0.05) is 12.3 Å². The Balaban J connectivity index is 1.82. The standard InChI is InChI=1S/C18H18F3N3O4/c19-18(20,21)16-14(17(26)27)10-22-24(16)12-5-3-4-11(8-12)23-15(25)9-13-6-1-2-7-28-13/h3-5,8,10,13H,1-2,6-7,9H2,(H,23,25)(H,26,27). The maximum Gasteiger partial charge on any atom is 0.434 e. The van der Waals surface area contributed by atoms with Gasteiger partial charge in [0.25, 0.3) is 0 Å². The number of halogens is 3. The normalized spacial score (nSPS) is 17.3. The van der Waals surface area contributed by atoms with E-state index in [4.69, 9.17) is 9.84 Å². The van der Waals surface area contributed by atoms with E-state index in [0.29, 0.717) is 17.5 Å². The molecular formula is C18H18F3N3O4. The number of alkyl halides is 3. The van der Waals surface area contributed by atoms with Gasteiger partial charge in [0.05, 0.1) is 24.4 Å². The minimum Gasteiger partial charge on any atom is -0.478 e. The van der Waals surface area contributed by atoms with Crippen LogP contribution in [0, 0.1) is 0 Å². The number of anilines is 1. The van der Waals surface area contributed by atoms with Crippen LogP contribution in [0.25, 0.3) is 5.69 Å². The molecule has 0 bridgehead atoms. The molecule has 2 heterocycles. The SMILES string of the molecule is O=C(CC1CCCCO1)Nc1cccc(-n2ncc(C(=O)O)c2C(F)(F)F)c1. The number of carbonyl (C=O) groups is 2. The third kappa shape index (κ3) is 4.50. The Morgan fingerprint density at radius 1 is 1.32 bits per heavy atom. The predicted molar refractivity (Wildman–Crippen MR) is 92.4 cm³/mol. The first-order valence-corrected chi connectivity index (χ1v) is 8.66. The lowest BCUT2D eigenvalue weighted by molar-refractivity contribution is -0.143. The fraction of sp³-hybridized carbons (Fsp3) is 0.389. The summed E-state index contributed by atoms with van der Waals surface area (Å²) in [6, 6.07) is 5.61. The second-order valence-corrected chi connectivity index (χ2v) is 6.41. The molecule has 1 aromatic carbocycles. The van der Waals surface area contributed by atoms with Crippen molar-refractivity contribution in [1.29, 1.82) is 0 Å². The van der Waals surface area contributed by atoms with Crippen molar-refractivity contribution in [3.05, 3.63) is 41.7 Å².